The van der Waals surface area contributed by atoms with Crippen molar-refractivity contribution in [1.82, 2.24) is 20.4 Å². The van der Waals surface area contributed by atoms with E-state index < -0.39 is 23.5 Å². The van der Waals surface area contributed by atoms with Crippen LogP contribution in [0.2, 0.25) is 0 Å². The van der Waals surface area contributed by atoms with Gasteiger partial charge in [0.05, 0.1) is 17.2 Å². The van der Waals surface area contributed by atoms with Gasteiger partial charge < -0.3 is 15.4 Å². The van der Waals surface area contributed by atoms with Gasteiger partial charge in [-0.15, -0.1) is 0 Å². The average Bonchev–Trinajstić information content (AvgIpc) is 2.83. The third-order valence-corrected chi connectivity index (χ3v) is 3.99. The normalized spacial score (nSPS) is 22.4. The van der Waals surface area contributed by atoms with Gasteiger partial charge in [0.15, 0.2) is 5.69 Å². The van der Waals surface area contributed by atoms with Crippen LogP contribution in [0.25, 0.3) is 0 Å². The first-order valence-corrected chi connectivity index (χ1v) is 7.64. The molecular weight excluding hydrogens is 325 g/mol. The van der Waals surface area contributed by atoms with Crippen molar-refractivity contribution in [3.05, 3.63) is 17.5 Å². The lowest BCUT2D eigenvalue weighted by Crippen LogP contribution is -2.49. The summed E-state index contributed by atoms with van der Waals surface area (Å²) in [6, 6.07) is -0.769. The van der Waals surface area contributed by atoms with Crippen LogP contribution in [0.15, 0.2) is 6.20 Å². The summed E-state index contributed by atoms with van der Waals surface area (Å²) in [7, 11) is 1.40. The van der Waals surface area contributed by atoms with Crippen LogP contribution in [0, 0.1) is 0 Å². The van der Waals surface area contributed by atoms with Crippen LogP contribution in [0.1, 0.15) is 45.4 Å². The lowest BCUT2D eigenvalue weighted by molar-refractivity contribution is -0.142. The molecule has 2 rings (SSSR count). The van der Waals surface area contributed by atoms with Crippen LogP contribution in [0.3, 0.4) is 0 Å². The molecule has 24 heavy (non-hydrogen) atoms. The minimum atomic E-state index is -4.56. The first-order chi connectivity index (χ1) is 10.8. The number of carbonyl (C=O) groups is 1. The summed E-state index contributed by atoms with van der Waals surface area (Å²) in [5, 5.41) is 8.64. The molecule has 2 heterocycles. The number of alkyl halides is 3. The van der Waals surface area contributed by atoms with E-state index >= 15 is 0 Å². The topological polar surface area (TPSA) is 68.2 Å². The van der Waals surface area contributed by atoms with Gasteiger partial charge in [0.2, 0.25) is 0 Å². The van der Waals surface area contributed by atoms with E-state index in [0.717, 1.165) is 4.68 Å². The van der Waals surface area contributed by atoms with Crippen LogP contribution in [-0.2, 0) is 24.5 Å². The molecule has 1 saturated heterocycles. The van der Waals surface area contributed by atoms with Gasteiger partial charge >= 0.3 is 12.2 Å². The Hall–Kier alpha value is -1.77. The second-order valence-corrected chi connectivity index (χ2v) is 7.22. The van der Waals surface area contributed by atoms with E-state index in [1.165, 1.54) is 13.2 Å². The van der Waals surface area contributed by atoms with Crippen molar-refractivity contribution in [3.63, 3.8) is 0 Å². The van der Waals surface area contributed by atoms with Crippen molar-refractivity contribution >= 4 is 6.03 Å². The molecule has 2 amide bonds. The molecule has 0 bridgehead atoms. The Bertz CT molecular complexity index is 623. The average molecular weight is 348 g/mol. The Morgan fingerprint density at radius 2 is 2.04 bits per heavy atom. The van der Waals surface area contributed by atoms with Crippen molar-refractivity contribution in [2.24, 2.45) is 7.05 Å². The van der Waals surface area contributed by atoms with Crippen molar-refractivity contribution in [1.29, 1.82) is 0 Å². The molecule has 2 N–H and O–H groups in total. The fourth-order valence-corrected chi connectivity index (χ4v) is 3.08. The van der Waals surface area contributed by atoms with Crippen LogP contribution >= 0.6 is 0 Å². The third kappa shape index (κ3) is 4.19. The predicted molar refractivity (Wildman–Crippen MR) is 81.2 cm³/mol. The molecular formula is C15H23F3N4O2. The fourth-order valence-electron chi connectivity index (χ4n) is 3.08. The molecule has 9 heteroatoms. The highest BCUT2D eigenvalue weighted by molar-refractivity contribution is 5.74. The molecule has 136 valence electrons. The highest BCUT2D eigenvalue weighted by atomic mass is 19.4. The SMILES string of the molecule is Cn1cc(CNC(=O)N[C@H]2CC(C)(C)OC2(C)C)c(C(F)(F)F)n1. The summed E-state index contributed by atoms with van der Waals surface area (Å²) in [5.74, 6) is 0. The van der Waals surface area contributed by atoms with Gasteiger partial charge in [0.1, 0.15) is 0 Å². The van der Waals surface area contributed by atoms with Gasteiger partial charge in [-0.1, -0.05) is 0 Å². The van der Waals surface area contributed by atoms with E-state index in [1.807, 2.05) is 27.7 Å². The van der Waals surface area contributed by atoms with E-state index in [0.29, 0.717) is 6.42 Å². The minimum Gasteiger partial charge on any atom is -0.367 e. The Morgan fingerprint density at radius 3 is 2.54 bits per heavy atom. The maximum absolute atomic E-state index is 12.9. The van der Waals surface area contributed by atoms with E-state index in [1.54, 1.807) is 0 Å². The summed E-state index contributed by atoms with van der Waals surface area (Å²) in [4.78, 5) is 12.1. The summed E-state index contributed by atoms with van der Waals surface area (Å²) in [6.07, 6.45) is -2.69. The van der Waals surface area contributed by atoms with E-state index in [-0.39, 0.29) is 23.8 Å². The van der Waals surface area contributed by atoms with Crippen LogP contribution < -0.4 is 10.6 Å². The summed E-state index contributed by atoms with van der Waals surface area (Å²) in [6.45, 7) is 7.34. The van der Waals surface area contributed by atoms with Gasteiger partial charge in [0.25, 0.3) is 0 Å². The Balaban J connectivity index is 1.98. The Labute approximate surface area is 138 Å². The number of urea groups is 1. The predicted octanol–water partition coefficient (Wildman–Crippen LogP) is 2.58. The van der Waals surface area contributed by atoms with E-state index in [9.17, 15) is 18.0 Å². The number of aryl methyl sites for hydroxylation is 1. The Morgan fingerprint density at radius 1 is 1.42 bits per heavy atom. The summed E-state index contributed by atoms with van der Waals surface area (Å²) >= 11 is 0. The Kier molecular flexibility index (Phi) is 4.60. The zero-order chi connectivity index (χ0) is 18.3. The number of nitrogens with one attached hydrogen (secondary N) is 2. The fraction of sp³-hybridized carbons (Fsp3) is 0.733. The maximum Gasteiger partial charge on any atom is 0.435 e. The molecule has 1 atom stereocenters. The molecule has 1 fully saturated rings. The second-order valence-electron chi connectivity index (χ2n) is 7.22. The number of aromatic nitrogens is 2. The number of rotatable bonds is 3. The molecule has 1 aromatic heterocycles. The van der Waals surface area contributed by atoms with Gasteiger partial charge in [-0.05, 0) is 34.1 Å². The number of amides is 2. The van der Waals surface area contributed by atoms with E-state index in [4.69, 9.17) is 4.74 Å². The van der Waals surface area contributed by atoms with Gasteiger partial charge in [-0.25, -0.2) is 4.79 Å². The molecule has 0 aliphatic carbocycles. The number of hydrogen-bond donors (Lipinski definition) is 2. The quantitative estimate of drug-likeness (QED) is 0.882. The lowest BCUT2D eigenvalue weighted by atomic mass is 9.95. The highest BCUT2D eigenvalue weighted by Gasteiger charge is 2.46. The maximum atomic E-state index is 12.9. The standard InChI is InChI=1S/C15H23F3N4O2/c1-13(2)6-10(14(3,4)24-13)20-12(23)19-7-9-8-22(5)21-11(9)15(16,17)18/h8,10H,6-7H2,1-5H3,(H2,19,20,23)/t10-/m0/s1. The highest BCUT2D eigenvalue weighted by Crippen LogP contribution is 2.37. The molecule has 0 radical (unpaired) electrons. The molecule has 6 nitrogen and oxygen atoms in total. The lowest BCUT2D eigenvalue weighted by Gasteiger charge is -2.27. The van der Waals surface area contributed by atoms with Gasteiger partial charge in [-0.3, -0.25) is 4.68 Å². The van der Waals surface area contributed by atoms with Gasteiger partial charge in [-0.2, -0.15) is 18.3 Å². The zero-order valence-electron chi connectivity index (χ0n) is 14.4. The monoisotopic (exact) mass is 348 g/mol. The zero-order valence-corrected chi connectivity index (χ0v) is 14.4. The van der Waals surface area contributed by atoms with Gasteiger partial charge in [0, 0.05) is 25.4 Å². The number of hydrogen-bond acceptors (Lipinski definition) is 3. The van der Waals surface area contributed by atoms with Crippen LogP contribution in [0.5, 0.6) is 0 Å². The molecule has 0 saturated carbocycles. The van der Waals surface area contributed by atoms with Crippen LogP contribution in [0.4, 0.5) is 18.0 Å². The molecule has 1 aliphatic heterocycles. The number of nitrogens with zero attached hydrogens (tertiary/aromatic N) is 2. The molecule has 0 spiro atoms. The summed E-state index contributed by atoms with van der Waals surface area (Å²) in [5.41, 5.74) is -1.99. The van der Waals surface area contributed by atoms with Crippen molar-refractivity contribution in [3.8, 4) is 0 Å². The smallest absolute Gasteiger partial charge is 0.367 e. The molecule has 1 aliphatic rings. The minimum absolute atomic E-state index is 0.0811. The number of ether oxygens (including phenoxy) is 1. The third-order valence-electron chi connectivity index (χ3n) is 3.99. The molecule has 1 aromatic rings. The molecule has 0 aromatic carbocycles. The van der Waals surface area contributed by atoms with Crippen molar-refractivity contribution < 1.29 is 22.7 Å². The first kappa shape index (κ1) is 18.6. The van der Waals surface area contributed by atoms with E-state index in [2.05, 4.69) is 15.7 Å². The second kappa shape index (κ2) is 5.94. The number of halogens is 3. The first-order valence-electron chi connectivity index (χ1n) is 7.64. The number of carbonyl (C=O) groups excluding carboxylic acids is 1. The largest absolute Gasteiger partial charge is 0.435 e. The van der Waals surface area contributed by atoms with Crippen molar-refractivity contribution in [2.45, 2.75) is 64.1 Å². The molecule has 0 unspecified atom stereocenters. The van der Waals surface area contributed by atoms with Crippen LogP contribution in [-0.4, -0.2) is 33.1 Å². The summed E-state index contributed by atoms with van der Waals surface area (Å²) < 4.78 is 45.6. The van der Waals surface area contributed by atoms with Crippen molar-refractivity contribution in [2.75, 3.05) is 0 Å².